The van der Waals surface area contributed by atoms with Crippen molar-refractivity contribution in [3.8, 4) is 0 Å². The number of rotatable bonds is 6. The molecular formula is C11H9FN2O7. The maximum absolute atomic E-state index is 13.5. The smallest absolute Gasteiger partial charge is 0.313 e. The van der Waals surface area contributed by atoms with Crippen molar-refractivity contribution in [2.45, 2.75) is 13.3 Å². The quantitative estimate of drug-likeness (QED) is 0.257. The van der Waals surface area contributed by atoms with Gasteiger partial charge in [0.25, 0.3) is 5.69 Å². The van der Waals surface area contributed by atoms with E-state index in [1.165, 1.54) is 6.92 Å². The lowest BCUT2D eigenvalue weighted by Gasteiger charge is -2.03. The van der Waals surface area contributed by atoms with E-state index in [2.05, 4.69) is 4.74 Å². The molecular weight excluding hydrogens is 291 g/mol. The molecule has 0 saturated heterocycles. The summed E-state index contributed by atoms with van der Waals surface area (Å²) >= 11 is 0. The second-order valence-electron chi connectivity index (χ2n) is 3.74. The zero-order chi connectivity index (χ0) is 16.2. The SMILES string of the molecule is CCOC(=O)CC(=O)c1cc(F)c([N+](=O)[O-])cc1[N+](=O)[O-]. The Morgan fingerprint density at radius 2 is 1.76 bits per heavy atom. The van der Waals surface area contributed by atoms with E-state index in [4.69, 9.17) is 0 Å². The average Bonchev–Trinajstić information content (AvgIpc) is 2.37. The van der Waals surface area contributed by atoms with Crippen LogP contribution in [0.1, 0.15) is 23.7 Å². The Labute approximate surface area is 116 Å². The predicted octanol–water partition coefficient (Wildman–Crippen LogP) is 1.78. The third kappa shape index (κ3) is 3.78. The van der Waals surface area contributed by atoms with E-state index in [0.29, 0.717) is 12.1 Å². The molecule has 1 aromatic carbocycles. The zero-order valence-corrected chi connectivity index (χ0v) is 10.7. The van der Waals surface area contributed by atoms with Gasteiger partial charge < -0.3 is 4.74 Å². The molecule has 0 amide bonds. The second-order valence-corrected chi connectivity index (χ2v) is 3.74. The normalized spacial score (nSPS) is 10.0. The van der Waals surface area contributed by atoms with Gasteiger partial charge in [-0.2, -0.15) is 4.39 Å². The van der Waals surface area contributed by atoms with Gasteiger partial charge in [-0.1, -0.05) is 0 Å². The number of benzene rings is 1. The first-order valence-corrected chi connectivity index (χ1v) is 5.59. The van der Waals surface area contributed by atoms with E-state index in [1.807, 2.05) is 0 Å². The van der Waals surface area contributed by atoms with Crippen molar-refractivity contribution in [2.24, 2.45) is 0 Å². The Hall–Kier alpha value is -2.91. The number of Topliss-reactive ketones (excluding diaryl/α,β-unsaturated/α-hetero) is 1. The Kier molecular flexibility index (Phi) is 5.00. The van der Waals surface area contributed by atoms with Crippen LogP contribution in [0.4, 0.5) is 15.8 Å². The van der Waals surface area contributed by atoms with Gasteiger partial charge in [-0.05, 0) is 13.0 Å². The van der Waals surface area contributed by atoms with Crippen molar-refractivity contribution in [1.82, 2.24) is 0 Å². The van der Waals surface area contributed by atoms with Crippen LogP contribution in [0.5, 0.6) is 0 Å². The van der Waals surface area contributed by atoms with Crippen LogP contribution in [0.25, 0.3) is 0 Å². The maximum Gasteiger partial charge on any atom is 0.313 e. The summed E-state index contributed by atoms with van der Waals surface area (Å²) in [5, 5.41) is 21.3. The summed E-state index contributed by atoms with van der Waals surface area (Å²) < 4.78 is 18.0. The lowest BCUT2D eigenvalue weighted by molar-refractivity contribution is -0.396. The number of hydrogen-bond acceptors (Lipinski definition) is 7. The summed E-state index contributed by atoms with van der Waals surface area (Å²) in [6.07, 6.45) is -0.827. The summed E-state index contributed by atoms with van der Waals surface area (Å²) in [4.78, 5) is 42.0. The number of carbonyl (C=O) groups excluding carboxylic acids is 2. The molecule has 0 spiro atoms. The van der Waals surface area contributed by atoms with Gasteiger partial charge in [-0.3, -0.25) is 29.8 Å². The monoisotopic (exact) mass is 300 g/mol. The molecule has 0 aliphatic carbocycles. The van der Waals surface area contributed by atoms with Gasteiger partial charge in [-0.25, -0.2) is 0 Å². The van der Waals surface area contributed by atoms with Gasteiger partial charge in [0.05, 0.1) is 28.1 Å². The third-order valence-corrected chi connectivity index (χ3v) is 2.37. The molecule has 0 unspecified atom stereocenters. The minimum absolute atomic E-state index is 0.00281. The minimum Gasteiger partial charge on any atom is -0.466 e. The molecule has 0 heterocycles. The van der Waals surface area contributed by atoms with Crippen molar-refractivity contribution >= 4 is 23.1 Å². The Bertz CT molecular complexity index is 629. The Balaban J connectivity index is 3.25. The predicted molar refractivity (Wildman–Crippen MR) is 65.3 cm³/mol. The maximum atomic E-state index is 13.5. The number of halogens is 1. The van der Waals surface area contributed by atoms with Crippen molar-refractivity contribution in [2.75, 3.05) is 6.61 Å². The summed E-state index contributed by atoms with van der Waals surface area (Å²) in [7, 11) is 0. The highest BCUT2D eigenvalue weighted by atomic mass is 19.1. The average molecular weight is 300 g/mol. The minimum atomic E-state index is -1.40. The first-order valence-electron chi connectivity index (χ1n) is 5.59. The molecule has 10 heteroatoms. The van der Waals surface area contributed by atoms with Crippen LogP contribution in [0.15, 0.2) is 12.1 Å². The van der Waals surface area contributed by atoms with Crippen LogP contribution in [-0.2, 0) is 9.53 Å². The number of esters is 1. The van der Waals surface area contributed by atoms with Gasteiger partial charge >= 0.3 is 11.7 Å². The second kappa shape index (κ2) is 6.50. The van der Waals surface area contributed by atoms with Gasteiger partial charge in [0, 0.05) is 0 Å². The van der Waals surface area contributed by atoms with E-state index < -0.39 is 50.8 Å². The van der Waals surface area contributed by atoms with E-state index in [0.717, 1.165) is 0 Å². The summed E-state index contributed by atoms with van der Waals surface area (Å²) in [5.74, 6) is -3.40. The van der Waals surface area contributed by atoms with Crippen molar-refractivity contribution in [3.63, 3.8) is 0 Å². The molecule has 9 nitrogen and oxygen atoms in total. The Morgan fingerprint density at radius 1 is 1.19 bits per heavy atom. The van der Waals surface area contributed by atoms with E-state index >= 15 is 0 Å². The topological polar surface area (TPSA) is 130 Å². The molecule has 21 heavy (non-hydrogen) atoms. The number of nitro groups is 2. The molecule has 0 saturated carbocycles. The van der Waals surface area contributed by atoms with Crippen LogP contribution >= 0.6 is 0 Å². The molecule has 112 valence electrons. The van der Waals surface area contributed by atoms with Crippen LogP contribution in [0.2, 0.25) is 0 Å². The number of nitro benzene ring substituents is 2. The lowest BCUT2D eigenvalue weighted by atomic mass is 10.0. The molecule has 0 aliphatic heterocycles. The van der Waals surface area contributed by atoms with Crippen LogP contribution < -0.4 is 0 Å². The van der Waals surface area contributed by atoms with E-state index in [1.54, 1.807) is 0 Å². The van der Waals surface area contributed by atoms with Gasteiger partial charge in [0.15, 0.2) is 5.78 Å². The van der Waals surface area contributed by atoms with E-state index in [-0.39, 0.29) is 6.61 Å². The fourth-order valence-electron chi connectivity index (χ4n) is 1.50. The molecule has 0 bridgehead atoms. The van der Waals surface area contributed by atoms with Crippen LogP contribution in [0.3, 0.4) is 0 Å². The number of hydrogen-bond donors (Lipinski definition) is 0. The van der Waals surface area contributed by atoms with Crippen LogP contribution in [-0.4, -0.2) is 28.2 Å². The standard InChI is InChI=1S/C11H9FN2O7/c1-2-21-11(16)5-10(15)6-3-7(12)9(14(19)20)4-8(6)13(17)18/h3-4H,2,5H2,1H3. The first-order chi connectivity index (χ1) is 9.77. The summed E-state index contributed by atoms with van der Waals surface area (Å²) in [6, 6.07) is 0.714. The fraction of sp³-hybridized carbons (Fsp3) is 0.273. The highest BCUT2D eigenvalue weighted by Crippen LogP contribution is 2.28. The number of ether oxygens (including phenoxy) is 1. The highest BCUT2D eigenvalue weighted by molar-refractivity contribution is 6.08. The van der Waals surface area contributed by atoms with Gasteiger partial charge in [0.2, 0.25) is 5.82 Å². The molecule has 0 radical (unpaired) electrons. The third-order valence-electron chi connectivity index (χ3n) is 2.37. The lowest BCUT2D eigenvalue weighted by Crippen LogP contribution is -2.13. The summed E-state index contributed by atoms with van der Waals surface area (Å²) in [6.45, 7) is 1.50. The van der Waals surface area contributed by atoms with Crippen molar-refractivity contribution < 1.29 is 28.6 Å². The molecule has 0 aromatic heterocycles. The molecule has 1 rings (SSSR count). The highest BCUT2D eigenvalue weighted by Gasteiger charge is 2.29. The number of carbonyl (C=O) groups is 2. The van der Waals surface area contributed by atoms with Crippen LogP contribution in [0, 0.1) is 26.0 Å². The van der Waals surface area contributed by atoms with E-state index in [9.17, 15) is 34.2 Å². The molecule has 1 aromatic rings. The van der Waals surface area contributed by atoms with Gasteiger partial charge in [-0.15, -0.1) is 0 Å². The zero-order valence-electron chi connectivity index (χ0n) is 10.7. The molecule has 0 atom stereocenters. The summed E-state index contributed by atoms with van der Waals surface area (Å²) in [5.41, 5.74) is -2.80. The van der Waals surface area contributed by atoms with Crippen molar-refractivity contribution in [1.29, 1.82) is 0 Å². The molecule has 0 N–H and O–H groups in total. The molecule has 0 aliphatic rings. The Morgan fingerprint density at radius 3 is 2.24 bits per heavy atom. The first kappa shape index (κ1) is 16.1. The number of ketones is 1. The largest absolute Gasteiger partial charge is 0.466 e. The fourth-order valence-corrected chi connectivity index (χ4v) is 1.50. The molecule has 0 fully saturated rings. The van der Waals surface area contributed by atoms with Crippen molar-refractivity contribution in [3.05, 3.63) is 43.7 Å². The van der Waals surface area contributed by atoms with Gasteiger partial charge in [0.1, 0.15) is 6.42 Å². The number of nitrogens with zero attached hydrogens (tertiary/aromatic N) is 2.